The van der Waals surface area contributed by atoms with Crippen LogP contribution in [0.4, 0.5) is 5.69 Å². The summed E-state index contributed by atoms with van der Waals surface area (Å²) in [5.74, 6) is -2.28. The van der Waals surface area contributed by atoms with Gasteiger partial charge in [0.1, 0.15) is 0 Å². The molecule has 6 nitrogen and oxygen atoms in total. The molecule has 0 bridgehead atoms. The molecule has 1 aromatic carbocycles. The van der Waals surface area contributed by atoms with Crippen LogP contribution in [-0.2, 0) is 9.59 Å². The summed E-state index contributed by atoms with van der Waals surface area (Å²) < 4.78 is 0. The fraction of sp³-hybridized carbons (Fsp3) is 0.308. The normalized spacial score (nSPS) is 18.7. The van der Waals surface area contributed by atoms with E-state index in [9.17, 15) is 14.4 Å². The van der Waals surface area contributed by atoms with Crippen LogP contribution in [0.1, 0.15) is 22.3 Å². The smallest absolute Gasteiger partial charge is 0.336 e. The van der Waals surface area contributed by atoms with Gasteiger partial charge in [0, 0.05) is 18.7 Å². The number of primary amides is 1. The second-order valence-electron chi connectivity index (χ2n) is 4.56. The first-order valence-electron chi connectivity index (χ1n) is 5.84. The first-order chi connectivity index (χ1) is 8.91. The summed E-state index contributed by atoms with van der Waals surface area (Å²) in [5.41, 5.74) is 6.38. The van der Waals surface area contributed by atoms with Gasteiger partial charge in [-0.3, -0.25) is 9.59 Å². The monoisotopic (exact) mass is 262 g/mol. The zero-order chi connectivity index (χ0) is 14.2. The molecule has 1 aliphatic heterocycles. The summed E-state index contributed by atoms with van der Waals surface area (Å²) in [4.78, 5) is 35.5. The van der Waals surface area contributed by atoms with Crippen molar-refractivity contribution in [3.8, 4) is 0 Å². The molecule has 0 radical (unpaired) electrons. The molecule has 6 heteroatoms. The maximum absolute atomic E-state index is 11.9. The Hall–Kier alpha value is -2.37. The summed E-state index contributed by atoms with van der Waals surface area (Å²) >= 11 is 0. The van der Waals surface area contributed by atoms with Crippen molar-refractivity contribution in [2.45, 2.75) is 13.3 Å². The highest BCUT2D eigenvalue weighted by Gasteiger charge is 2.34. The van der Waals surface area contributed by atoms with Gasteiger partial charge in [0.2, 0.25) is 11.8 Å². The number of anilines is 1. The Kier molecular flexibility index (Phi) is 3.25. The van der Waals surface area contributed by atoms with Crippen molar-refractivity contribution in [3.63, 3.8) is 0 Å². The zero-order valence-corrected chi connectivity index (χ0v) is 10.4. The van der Waals surface area contributed by atoms with E-state index in [0.717, 1.165) is 0 Å². The van der Waals surface area contributed by atoms with Crippen molar-refractivity contribution in [1.82, 2.24) is 0 Å². The van der Waals surface area contributed by atoms with Crippen LogP contribution in [-0.4, -0.2) is 29.4 Å². The van der Waals surface area contributed by atoms with Crippen molar-refractivity contribution >= 4 is 23.5 Å². The maximum Gasteiger partial charge on any atom is 0.336 e. The van der Waals surface area contributed by atoms with Gasteiger partial charge in [0.05, 0.1) is 11.5 Å². The SMILES string of the molecule is Cc1c(C(=O)O)cccc1N1CC(C(N)=O)CC1=O. The predicted molar refractivity (Wildman–Crippen MR) is 67.8 cm³/mol. The number of amides is 2. The second kappa shape index (κ2) is 4.72. The van der Waals surface area contributed by atoms with Gasteiger partial charge in [-0.25, -0.2) is 4.79 Å². The highest BCUT2D eigenvalue weighted by Crippen LogP contribution is 2.29. The molecular weight excluding hydrogens is 248 g/mol. The van der Waals surface area contributed by atoms with Crippen molar-refractivity contribution in [3.05, 3.63) is 29.3 Å². The Balaban J connectivity index is 2.38. The number of carboxylic acids is 1. The average Bonchev–Trinajstić information content (AvgIpc) is 2.71. The Morgan fingerprint density at radius 1 is 1.42 bits per heavy atom. The number of nitrogens with two attached hydrogens (primary N) is 1. The zero-order valence-electron chi connectivity index (χ0n) is 10.4. The molecular formula is C13H14N2O4. The molecule has 1 aliphatic rings. The molecule has 0 aromatic heterocycles. The molecule has 3 N–H and O–H groups in total. The highest BCUT2D eigenvalue weighted by atomic mass is 16.4. The number of hydrogen-bond acceptors (Lipinski definition) is 3. The molecule has 19 heavy (non-hydrogen) atoms. The van der Waals surface area contributed by atoms with Crippen molar-refractivity contribution in [2.24, 2.45) is 11.7 Å². The lowest BCUT2D eigenvalue weighted by atomic mass is 10.1. The van der Waals surface area contributed by atoms with E-state index in [1.165, 1.54) is 11.0 Å². The van der Waals surface area contributed by atoms with Crippen molar-refractivity contribution < 1.29 is 19.5 Å². The van der Waals surface area contributed by atoms with Crippen molar-refractivity contribution in [1.29, 1.82) is 0 Å². The van der Waals surface area contributed by atoms with E-state index in [-0.39, 0.29) is 24.4 Å². The number of carbonyl (C=O) groups excluding carboxylic acids is 2. The summed E-state index contributed by atoms with van der Waals surface area (Å²) in [6.07, 6.45) is 0.0755. The molecule has 1 unspecified atom stereocenters. The maximum atomic E-state index is 11.9. The summed E-state index contributed by atoms with van der Waals surface area (Å²) in [6.45, 7) is 1.85. The number of carboxylic acid groups (broad SMARTS) is 1. The van der Waals surface area contributed by atoms with Gasteiger partial charge in [0.25, 0.3) is 0 Å². The van der Waals surface area contributed by atoms with Crippen LogP contribution in [0, 0.1) is 12.8 Å². The van der Waals surface area contributed by atoms with Crippen LogP contribution in [0.15, 0.2) is 18.2 Å². The van der Waals surface area contributed by atoms with Crippen molar-refractivity contribution in [2.75, 3.05) is 11.4 Å². The van der Waals surface area contributed by atoms with E-state index in [4.69, 9.17) is 10.8 Å². The minimum absolute atomic E-state index is 0.0755. The van der Waals surface area contributed by atoms with E-state index in [2.05, 4.69) is 0 Å². The molecule has 1 saturated heterocycles. The van der Waals surface area contributed by atoms with Gasteiger partial charge in [0.15, 0.2) is 0 Å². The fourth-order valence-corrected chi connectivity index (χ4v) is 2.28. The second-order valence-corrected chi connectivity index (χ2v) is 4.56. The summed E-state index contributed by atoms with van der Waals surface area (Å²) in [7, 11) is 0. The van der Waals surface area contributed by atoms with E-state index in [1.807, 2.05) is 0 Å². The quantitative estimate of drug-likeness (QED) is 0.829. The van der Waals surface area contributed by atoms with Crippen LogP contribution in [0.2, 0.25) is 0 Å². The topological polar surface area (TPSA) is 101 Å². The van der Waals surface area contributed by atoms with E-state index >= 15 is 0 Å². The van der Waals surface area contributed by atoms with Crippen LogP contribution < -0.4 is 10.6 Å². The molecule has 2 amide bonds. The molecule has 100 valence electrons. The van der Waals surface area contributed by atoms with E-state index in [1.54, 1.807) is 19.1 Å². The Bertz CT molecular complexity index is 568. The van der Waals surface area contributed by atoms with Crippen LogP contribution in [0.3, 0.4) is 0 Å². The molecule has 0 spiro atoms. The molecule has 2 rings (SSSR count). The number of benzene rings is 1. The average molecular weight is 262 g/mol. The summed E-state index contributed by atoms with van der Waals surface area (Å²) in [5, 5.41) is 9.06. The van der Waals surface area contributed by atoms with Gasteiger partial charge in [-0.1, -0.05) is 6.07 Å². The number of nitrogens with zero attached hydrogens (tertiary/aromatic N) is 1. The van der Waals surface area contributed by atoms with Crippen LogP contribution in [0.5, 0.6) is 0 Å². The molecule has 1 aromatic rings. The van der Waals surface area contributed by atoms with Gasteiger partial charge in [-0.15, -0.1) is 0 Å². The standard InChI is InChI=1S/C13H14N2O4/c1-7-9(13(18)19)3-2-4-10(7)15-6-8(12(14)17)5-11(15)16/h2-4,8H,5-6H2,1H3,(H2,14,17)(H,18,19). The molecule has 0 aliphatic carbocycles. The van der Waals surface area contributed by atoms with E-state index in [0.29, 0.717) is 11.3 Å². The van der Waals surface area contributed by atoms with Gasteiger partial charge < -0.3 is 15.7 Å². The molecule has 1 fully saturated rings. The van der Waals surface area contributed by atoms with E-state index < -0.39 is 17.8 Å². The van der Waals surface area contributed by atoms with Gasteiger partial charge in [-0.05, 0) is 24.6 Å². The number of aromatic carboxylic acids is 1. The summed E-state index contributed by atoms with van der Waals surface area (Å²) in [6, 6.07) is 4.73. The molecule has 1 atom stereocenters. The third kappa shape index (κ3) is 2.29. The number of hydrogen-bond donors (Lipinski definition) is 2. The van der Waals surface area contributed by atoms with Crippen LogP contribution >= 0.6 is 0 Å². The van der Waals surface area contributed by atoms with Gasteiger partial charge in [-0.2, -0.15) is 0 Å². The Morgan fingerprint density at radius 2 is 2.11 bits per heavy atom. The Labute approximate surface area is 109 Å². The third-order valence-electron chi connectivity index (χ3n) is 3.35. The first kappa shape index (κ1) is 13.1. The largest absolute Gasteiger partial charge is 0.478 e. The van der Waals surface area contributed by atoms with Crippen LogP contribution in [0.25, 0.3) is 0 Å². The fourth-order valence-electron chi connectivity index (χ4n) is 2.28. The lowest BCUT2D eigenvalue weighted by Gasteiger charge is -2.19. The van der Waals surface area contributed by atoms with Gasteiger partial charge >= 0.3 is 5.97 Å². The highest BCUT2D eigenvalue weighted by molar-refractivity contribution is 6.02. The third-order valence-corrected chi connectivity index (χ3v) is 3.35. The lowest BCUT2D eigenvalue weighted by molar-refractivity contribution is -0.123. The first-order valence-corrected chi connectivity index (χ1v) is 5.84. The predicted octanol–water partition coefficient (Wildman–Crippen LogP) is 0.531. The Morgan fingerprint density at radius 3 is 2.63 bits per heavy atom. The number of carbonyl (C=O) groups is 3. The molecule has 0 saturated carbocycles. The minimum atomic E-state index is -1.04. The minimum Gasteiger partial charge on any atom is -0.478 e. The molecule has 1 heterocycles. The number of rotatable bonds is 3. The lowest BCUT2D eigenvalue weighted by Crippen LogP contribution is -2.29.